The quantitative estimate of drug-likeness (QED) is 0.607. The smallest absolute Gasteiger partial charge is 0.0329 e. The molecule has 2 saturated carbocycles. The molecule has 0 saturated heterocycles. The van der Waals surface area contributed by atoms with Gasteiger partial charge in [0.15, 0.2) is 0 Å². The van der Waals surface area contributed by atoms with Gasteiger partial charge in [-0.3, -0.25) is 0 Å². The molecular formula is C14H26. The molecule has 0 aromatic rings. The van der Waals surface area contributed by atoms with Crippen molar-refractivity contribution in [3.63, 3.8) is 0 Å². The lowest BCUT2D eigenvalue weighted by atomic mass is 9.65. The maximum atomic E-state index is 2.51. The highest BCUT2D eigenvalue weighted by Crippen LogP contribution is 2.51. The van der Waals surface area contributed by atoms with Crippen molar-refractivity contribution >= 4 is 0 Å². The van der Waals surface area contributed by atoms with Crippen molar-refractivity contribution in [3.8, 4) is 0 Å². The van der Waals surface area contributed by atoms with E-state index < -0.39 is 0 Å². The number of rotatable bonds is 2. The Morgan fingerprint density at radius 3 is 2.21 bits per heavy atom. The van der Waals surface area contributed by atoms with Gasteiger partial charge in [0, 0.05) is 0 Å². The zero-order valence-electron chi connectivity index (χ0n) is 10.1. The zero-order valence-corrected chi connectivity index (χ0v) is 10.1. The van der Waals surface area contributed by atoms with Gasteiger partial charge >= 0.3 is 0 Å². The minimum Gasteiger partial charge on any atom is -0.0654 e. The van der Waals surface area contributed by atoms with Crippen molar-refractivity contribution in [2.24, 2.45) is 29.6 Å². The third-order valence-electron chi connectivity index (χ3n) is 5.03. The molecule has 2 rings (SSSR count). The fourth-order valence-electron chi connectivity index (χ4n) is 4.32. The minimum absolute atomic E-state index is 1.01. The molecular weight excluding hydrogens is 168 g/mol. The summed E-state index contributed by atoms with van der Waals surface area (Å²) >= 11 is 0. The lowest BCUT2D eigenvalue weighted by Gasteiger charge is -2.40. The highest BCUT2D eigenvalue weighted by atomic mass is 14.5. The zero-order chi connectivity index (χ0) is 10.1. The first-order chi connectivity index (χ1) is 6.74. The normalized spacial score (nSPS) is 47.8. The molecule has 0 nitrogen and oxygen atoms in total. The van der Waals surface area contributed by atoms with Crippen molar-refractivity contribution in [2.45, 2.75) is 59.3 Å². The van der Waals surface area contributed by atoms with E-state index in [0.717, 1.165) is 29.6 Å². The average molecular weight is 194 g/mol. The molecule has 82 valence electrons. The van der Waals surface area contributed by atoms with Crippen molar-refractivity contribution in [1.82, 2.24) is 0 Å². The van der Waals surface area contributed by atoms with Crippen LogP contribution in [0.5, 0.6) is 0 Å². The first-order valence-electron chi connectivity index (χ1n) is 6.74. The molecule has 0 heteroatoms. The summed E-state index contributed by atoms with van der Waals surface area (Å²) in [6.07, 6.45) is 8.99. The van der Waals surface area contributed by atoms with Gasteiger partial charge in [-0.1, -0.05) is 46.5 Å². The summed E-state index contributed by atoms with van der Waals surface area (Å²) in [6.45, 7) is 7.36. The van der Waals surface area contributed by atoms with Gasteiger partial charge in [0.25, 0.3) is 0 Å². The van der Waals surface area contributed by atoms with Crippen LogP contribution in [0.25, 0.3) is 0 Å². The fraction of sp³-hybridized carbons (Fsp3) is 1.00. The summed E-state index contributed by atoms with van der Waals surface area (Å²) in [5.41, 5.74) is 0. The van der Waals surface area contributed by atoms with Crippen LogP contribution in [0.2, 0.25) is 0 Å². The molecule has 2 fully saturated rings. The lowest BCUT2D eigenvalue weighted by Crippen LogP contribution is -2.33. The third-order valence-corrected chi connectivity index (χ3v) is 5.03. The second-order valence-corrected chi connectivity index (χ2v) is 5.90. The van der Waals surface area contributed by atoms with E-state index in [2.05, 4.69) is 20.8 Å². The van der Waals surface area contributed by atoms with Gasteiger partial charge in [-0.25, -0.2) is 0 Å². The molecule has 5 unspecified atom stereocenters. The first kappa shape index (κ1) is 10.5. The summed E-state index contributed by atoms with van der Waals surface area (Å²) in [7, 11) is 0. The van der Waals surface area contributed by atoms with E-state index in [9.17, 15) is 0 Å². The highest BCUT2D eigenvalue weighted by molar-refractivity contribution is 4.92. The van der Waals surface area contributed by atoms with Gasteiger partial charge in [-0.15, -0.1) is 0 Å². The van der Waals surface area contributed by atoms with Gasteiger partial charge in [-0.05, 0) is 42.4 Å². The molecule has 0 heterocycles. The average Bonchev–Trinajstić information content (AvgIpc) is 2.53. The predicted molar refractivity (Wildman–Crippen MR) is 62.2 cm³/mol. The van der Waals surface area contributed by atoms with Crippen LogP contribution >= 0.6 is 0 Å². The monoisotopic (exact) mass is 194 g/mol. The van der Waals surface area contributed by atoms with Gasteiger partial charge < -0.3 is 0 Å². The van der Waals surface area contributed by atoms with Crippen molar-refractivity contribution in [3.05, 3.63) is 0 Å². The van der Waals surface area contributed by atoms with E-state index in [1.165, 1.54) is 32.1 Å². The molecule has 0 aromatic carbocycles. The van der Waals surface area contributed by atoms with E-state index in [1.54, 1.807) is 6.42 Å². The Kier molecular flexibility index (Phi) is 3.19. The molecule has 0 aliphatic heterocycles. The molecule has 0 spiro atoms. The third kappa shape index (κ3) is 1.73. The summed E-state index contributed by atoms with van der Waals surface area (Å²) in [5.74, 6) is 5.31. The summed E-state index contributed by atoms with van der Waals surface area (Å²) in [4.78, 5) is 0. The molecule has 0 aromatic heterocycles. The second-order valence-electron chi connectivity index (χ2n) is 5.90. The Balaban J connectivity index is 2.08. The number of hydrogen-bond donors (Lipinski definition) is 0. The van der Waals surface area contributed by atoms with Crippen LogP contribution in [0, 0.1) is 29.6 Å². The number of hydrogen-bond acceptors (Lipinski definition) is 0. The van der Waals surface area contributed by atoms with Crippen molar-refractivity contribution in [2.75, 3.05) is 0 Å². The summed E-state index contributed by atoms with van der Waals surface area (Å²) in [6, 6.07) is 0. The maximum absolute atomic E-state index is 2.51. The largest absolute Gasteiger partial charge is 0.0654 e. The molecule has 2 aliphatic rings. The van der Waals surface area contributed by atoms with Crippen LogP contribution in [0.1, 0.15) is 59.3 Å². The topological polar surface area (TPSA) is 0 Å². The van der Waals surface area contributed by atoms with Crippen LogP contribution in [-0.2, 0) is 0 Å². The van der Waals surface area contributed by atoms with Crippen LogP contribution in [-0.4, -0.2) is 0 Å². The van der Waals surface area contributed by atoms with E-state index in [4.69, 9.17) is 0 Å². The highest BCUT2D eigenvalue weighted by Gasteiger charge is 2.42. The molecule has 14 heavy (non-hydrogen) atoms. The standard InChI is InChI=1S/C14H26/c1-4-5-13-10(2)6-8-12-9-7-11(3)14(12)13/h10-14H,4-9H2,1-3H3. The summed E-state index contributed by atoms with van der Waals surface area (Å²) in [5, 5.41) is 0. The van der Waals surface area contributed by atoms with E-state index in [0.29, 0.717) is 0 Å². The Hall–Kier alpha value is 0. The molecule has 0 bridgehead atoms. The minimum atomic E-state index is 1.01. The van der Waals surface area contributed by atoms with Gasteiger partial charge in [0.2, 0.25) is 0 Å². The number of fused-ring (bicyclic) bond motifs is 1. The molecule has 5 atom stereocenters. The molecule has 0 amide bonds. The lowest BCUT2D eigenvalue weighted by molar-refractivity contribution is 0.0878. The predicted octanol–water partition coefficient (Wildman–Crippen LogP) is 4.49. The van der Waals surface area contributed by atoms with Crippen molar-refractivity contribution < 1.29 is 0 Å². The van der Waals surface area contributed by atoms with Gasteiger partial charge in [0.05, 0.1) is 0 Å². The van der Waals surface area contributed by atoms with Crippen LogP contribution < -0.4 is 0 Å². The summed E-state index contributed by atoms with van der Waals surface area (Å²) < 4.78 is 0. The van der Waals surface area contributed by atoms with Gasteiger partial charge in [0.1, 0.15) is 0 Å². The molecule has 2 aliphatic carbocycles. The van der Waals surface area contributed by atoms with Gasteiger partial charge in [-0.2, -0.15) is 0 Å². The maximum Gasteiger partial charge on any atom is -0.0329 e. The SMILES string of the molecule is CCCC1C(C)CCC2CCC(C)C21. The Bertz CT molecular complexity index is 184. The Morgan fingerprint density at radius 2 is 1.57 bits per heavy atom. The van der Waals surface area contributed by atoms with Crippen LogP contribution in [0.4, 0.5) is 0 Å². The van der Waals surface area contributed by atoms with E-state index in [1.807, 2.05) is 0 Å². The van der Waals surface area contributed by atoms with E-state index in [-0.39, 0.29) is 0 Å². The second kappa shape index (κ2) is 4.24. The van der Waals surface area contributed by atoms with E-state index >= 15 is 0 Å². The van der Waals surface area contributed by atoms with Crippen molar-refractivity contribution in [1.29, 1.82) is 0 Å². The Labute approximate surface area is 89.5 Å². The van der Waals surface area contributed by atoms with Crippen LogP contribution in [0.15, 0.2) is 0 Å². The Morgan fingerprint density at radius 1 is 0.929 bits per heavy atom. The fourth-order valence-corrected chi connectivity index (χ4v) is 4.32. The first-order valence-corrected chi connectivity index (χ1v) is 6.74. The molecule has 0 N–H and O–H groups in total. The molecule has 0 radical (unpaired) electrons. The van der Waals surface area contributed by atoms with Crippen LogP contribution in [0.3, 0.4) is 0 Å².